The van der Waals surface area contributed by atoms with Gasteiger partial charge in [0.1, 0.15) is 5.92 Å². The highest BCUT2D eigenvalue weighted by molar-refractivity contribution is 6.31. The molecule has 1 unspecified atom stereocenters. The number of nitrogens with one attached hydrogen (secondary N) is 1. The second-order valence-electron chi connectivity index (χ2n) is 8.90. The van der Waals surface area contributed by atoms with Crippen molar-refractivity contribution in [3.05, 3.63) is 95.5 Å². The van der Waals surface area contributed by atoms with Crippen LogP contribution in [0.5, 0.6) is 0 Å². The van der Waals surface area contributed by atoms with E-state index in [2.05, 4.69) is 10.4 Å². The molecule has 0 radical (unpaired) electrons. The van der Waals surface area contributed by atoms with Crippen LogP contribution in [0.3, 0.4) is 0 Å². The van der Waals surface area contributed by atoms with Gasteiger partial charge in [-0.3, -0.25) is 10.0 Å². The van der Waals surface area contributed by atoms with E-state index >= 15 is 0 Å². The molecule has 1 aliphatic rings. The largest absolute Gasteiger partial charge is 0.478 e. The summed E-state index contributed by atoms with van der Waals surface area (Å²) in [7, 11) is 0. The Morgan fingerprint density at radius 1 is 1.14 bits per heavy atom. The molecule has 36 heavy (non-hydrogen) atoms. The summed E-state index contributed by atoms with van der Waals surface area (Å²) in [5.74, 6) is -1.45. The SMILES string of the molecule is O=C(O)c1ccc(NC(=O)C(CC2CC2)c2ccc(-c3cc(Cl)ccc3-n3cccn3)c[n+]2O)cc1. The number of aromatic nitrogens is 3. The summed E-state index contributed by atoms with van der Waals surface area (Å²) in [6.07, 6.45) is 7.79. The number of aromatic carboxylic acids is 1. The van der Waals surface area contributed by atoms with Crippen molar-refractivity contribution in [2.24, 2.45) is 5.92 Å². The second kappa shape index (κ2) is 9.83. The molecule has 182 valence electrons. The first-order chi connectivity index (χ1) is 17.4. The fourth-order valence-electron chi connectivity index (χ4n) is 4.26. The van der Waals surface area contributed by atoms with Gasteiger partial charge in [0.2, 0.25) is 17.8 Å². The Morgan fingerprint density at radius 3 is 2.56 bits per heavy atom. The maximum atomic E-state index is 13.3. The highest BCUT2D eigenvalue weighted by atomic mass is 35.5. The van der Waals surface area contributed by atoms with Gasteiger partial charge in [-0.2, -0.15) is 5.10 Å². The standard InChI is InChI=1S/C27H23ClN4O4/c28-20-7-11-24(31-13-1-12-29-31)22(15-20)19-6-10-25(32(36)16-19)23(14-17-2-3-17)26(33)30-21-8-4-18(5-9-21)27(34)35/h1,4-13,15-17,23H,2-3,14H2,(H2-,30,33,34,35,36)/p+1. The number of pyridine rings is 1. The number of amides is 1. The first-order valence-electron chi connectivity index (χ1n) is 11.6. The van der Waals surface area contributed by atoms with E-state index in [1.807, 2.05) is 30.5 Å². The van der Waals surface area contributed by atoms with E-state index in [4.69, 9.17) is 16.7 Å². The lowest BCUT2D eigenvalue weighted by Gasteiger charge is -2.15. The Balaban J connectivity index is 1.45. The molecule has 4 aromatic rings. The predicted molar refractivity (Wildman–Crippen MR) is 134 cm³/mol. The van der Waals surface area contributed by atoms with Crippen LogP contribution in [0.4, 0.5) is 5.69 Å². The van der Waals surface area contributed by atoms with Crippen LogP contribution in [-0.4, -0.2) is 32.0 Å². The molecule has 1 amide bonds. The third-order valence-electron chi connectivity index (χ3n) is 6.32. The molecule has 3 N–H and O–H groups in total. The molecule has 9 heteroatoms. The number of hydrogen-bond acceptors (Lipinski definition) is 4. The number of carbonyl (C=O) groups excluding carboxylic acids is 1. The minimum absolute atomic E-state index is 0.141. The minimum atomic E-state index is -1.03. The summed E-state index contributed by atoms with van der Waals surface area (Å²) in [6.45, 7) is 0. The quantitative estimate of drug-likeness (QED) is 0.233. The van der Waals surface area contributed by atoms with E-state index in [9.17, 15) is 14.8 Å². The van der Waals surface area contributed by atoms with Crippen LogP contribution in [-0.2, 0) is 4.79 Å². The van der Waals surface area contributed by atoms with Crippen molar-refractivity contribution in [3.63, 3.8) is 0 Å². The number of carbonyl (C=O) groups is 2. The number of anilines is 1. The van der Waals surface area contributed by atoms with E-state index in [1.165, 1.54) is 12.1 Å². The lowest BCUT2D eigenvalue weighted by molar-refractivity contribution is -0.909. The highest BCUT2D eigenvalue weighted by Crippen LogP contribution is 2.39. The molecule has 2 aromatic carbocycles. The number of carboxylic acid groups (broad SMARTS) is 1. The Kier molecular flexibility index (Phi) is 6.43. The molecule has 2 heterocycles. The molecule has 2 aromatic heterocycles. The van der Waals surface area contributed by atoms with Crippen LogP contribution in [0.25, 0.3) is 16.8 Å². The van der Waals surface area contributed by atoms with Crippen molar-refractivity contribution in [1.82, 2.24) is 9.78 Å². The normalized spacial score (nSPS) is 13.8. The van der Waals surface area contributed by atoms with E-state index in [0.717, 1.165) is 28.8 Å². The number of hydrogen-bond donors (Lipinski definition) is 3. The molecule has 8 nitrogen and oxygen atoms in total. The Hall–Kier alpha value is -4.17. The molecule has 0 aliphatic heterocycles. The Bertz CT molecular complexity index is 1420. The first-order valence-corrected chi connectivity index (χ1v) is 12.0. The van der Waals surface area contributed by atoms with Crippen LogP contribution in [0.15, 0.2) is 79.3 Å². The zero-order valence-corrected chi connectivity index (χ0v) is 20.0. The first kappa shape index (κ1) is 23.6. The van der Waals surface area contributed by atoms with E-state index in [1.54, 1.807) is 41.3 Å². The van der Waals surface area contributed by atoms with Crippen molar-refractivity contribution < 1.29 is 24.6 Å². The van der Waals surface area contributed by atoms with Gasteiger partial charge in [-0.05, 0) is 66.9 Å². The number of carboxylic acids is 1. The molecule has 0 saturated heterocycles. The zero-order chi connectivity index (χ0) is 25.2. The fourth-order valence-corrected chi connectivity index (χ4v) is 4.43. The van der Waals surface area contributed by atoms with Gasteiger partial charge in [0.15, 0.2) is 0 Å². The van der Waals surface area contributed by atoms with Crippen LogP contribution in [0.1, 0.15) is 41.2 Å². The number of halogens is 1. The molecule has 5 rings (SSSR count). The average molecular weight is 504 g/mol. The predicted octanol–water partition coefficient (Wildman–Crippen LogP) is 4.94. The number of nitrogens with zero attached hydrogens (tertiary/aromatic N) is 3. The molecule has 0 bridgehead atoms. The third-order valence-corrected chi connectivity index (χ3v) is 6.55. The van der Waals surface area contributed by atoms with Crippen molar-refractivity contribution in [2.75, 3.05) is 5.32 Å². The molecular weight excluding hydrogens is 480 g/mol. The summed E-state index contributed by atoms with van der Waals surface area (Å²) < 4.78 is 2.73. The van der Waals surface area contributed by atoms with E-state index in [0.29, 0.717) is 34.3 Å². The monoisotopic (exact) mass is 503 g/mol. The summed E-state index contributed by atoms with van der Waals surface area (Å²) in [4.78, 5) is 24.4. The van der Waals surface area contributed by atoms with E-state index < -0.39 is 11.9 Å². The molecule has 1 fully saturated rings. The van der Waals surface area contributed by atoms with Crippen molar-refractivity contribution in [1.29, 1.82) is 0 Å². The molecule has 1 saturated carbocycles. The van der Waals surface area contributed by atoms with Gasteiger partial charge in [0, 0.05) is 39.5 Å². The second-order valence-corrected chi connectivity index (χ2v) is 9.34. The van der Waals surface area contributed by atoms with E-state index in [-0.39, 0.29) is 11.5 Å². The van der Waals surface area contributed by atoms with Crippen molar-refractivity contribution in [3.8, 4) is 16.8 Å². The summed E-state index contributed by atoms with van der Waals surface area (Å²) in [5.41, 5.74) is 3.39. The van der Waals surface area contributed by atoms with Gasteiger partial charge in [0.25, 0.3) is 0 Å². The van der Waals surface area contributed by atoms with Crippen LogP contribution >= 0.6 is 11.6 Å². The Morgan fingerprint density at radius 2 is 1.92 bits per heavy atom. The highest BCUT2D eigenvalue weighted by Gasteiger charge is 2.36. The summed E-state index contributed by atoms with van der Waals surface area (Å²) in [6, 6.07) is 16.9. The van der Waals surface area contributed by atoms with Gasteiger partial charge in [-0.25, -0.2) is 9.48 Å². The number of benzene rings is 2. The van der Waals surface area contributed by atoms with Gasteiger partial charge >= 0.3 is 5.97 Å². The molecule has 1 atom stereocenters. The Labute approximate surface area is 212 Å². The van der Waals surface area contributed by atoms with Crippen LogP contribution < -0.4 is 10.0 Å². The third kappa shape index (κ3) is 5.08. The maximum Gasteiger partial charge on any atom is 0.335 e. The molecule has 0 spiro atoms. The van der Waals surface area contributed by atoms with Crippen molar-refractivity contribution >= 4 is 29.2 Å². The maximum absolute atomic E-state index is 13.3. The summed E-state index contributed by atoms with van der Waals surface area (Å²) in [5, 5.41) is 27.8. The van der Waals surface area contributed by atoms with Gasteiger partial charge in [-0.15, -0.1) is 0 Å². The summed E-state index contributed by atoms with van der Waals surface area (Å²) >= 11 is 6.28. The molecule has 1 aliphatic carbocycles. The van der Waals surface area contributed by atoms with Crippen LogP contribution in [0.2, 0.25) is 5.02 Å². The van der Waals surface area contributed by atoms with Crippen LogP contribution in [0, 0.1) is 5.92 Å². The minimum Gasteiger partial charge on any atom is -0.478 e. The molecular formula is C27H24ClN4O4+. The fraction of sp³-hybridized carbons (Fsp3) is 0.185. The number of rotatable bonds is 8. The van der Waals surface area contributed by atoms with Crippen molar-refractivity contribution in [2.45, 2.75) is 25.2 Å². The van der Waals surface area contributed by atoms with Gasteiger partial charge in [0.05, 0.1) is 16.8 Å². The van der Waals surface area contributed by atoms with Gasteiger partial charge < -0.3 is 10.4 Å². The van der Waals surface area contributed by atoms with Gasteiger partial charge in [-0.1, -0.05) is 24.4 Å². The lowest BCUT2D eigenvalue weighted by atomic mass is 9.95. The topological polar surface area (TPSA) is 108 Å². The smallest absolute Gasteiger partial charge is 0.335 e. The average Bonchev–Trinajstić information content (AvgIpc) is 3.52. The zero-order valence-electron chi connectivity index (χ0n) is 19.2. The lowest BCUT2D eigenvalue weighted by Crippen LogP contribution is -2.39.